The zero-order valence-electron chi connectivity index (χ0n) is 11.6. The number of ether oxygens (including phenoxy) is 2. The first-order valence-corrected chi connectivity index (χ1v) is 6.80. The molecule has 1 aliphatic carbocycles. The van der Waals surface area contributed by atoms with Crippen molar-refractivity contribution in [1.29, 1.82) is 0 Å². The largest absolute Gasteiger partial charge is 0.493 e. The van der Waals surface area contributed by atoms with E-state index < -0.39 is 0 Å². The number of methoxy groups -OCH3 is 1. The van der Waals surface area contributed by atoms with Crippen molar-refractivity contribution in [2.75, 3.05) is 7.11 Å². The van der Waals surface area contributed by atoms with E-state index in [1.165, 1.54) is 13.2 Å². The van der Waals surface area contributed by atoms with Gasteiger partial charge < -0.3 is 9.47 Å². The first-order chi connectivity index (χ1) is 10.2. The lowest BCUT2D eigenvalue weighted by Crippen LogP contribution is -2.12. The molecule has 4 heteroatoms. The molecule has 1 aliphatic rings. The molecule has 0 heterocycles. The summed E-state index contributed by atoms with van der Waals surface area (Å²) in [4.78, 5) is 12.1. The van der Waals surface area contributed by atoms with Gasteiger partial charge in [0, 0.05) is 5.92 Å². The smallest absolute Gasteiger partial charge is 0.315 e. The van der Waals surface area contributed by atoms with E-state index in [2.05, 4.69) is 0 Å². The van der Waals surface area contributed by atoms with Gasteiger partial charge in [0.05, 0.1) is 13.0 Å². The van der Waals surface area contributed by atoms with Crippen molar-refractivity contribution in [3.8, 4) is 11.5 Å². The van der Waals surface area contributed by atoms with Crippen molar-refractivity contribution in [3.05, 3.63) is 59.9 Å². The highest BCUT2D eigenvalue weighted by Crippen LogP contribution is 2.49. The standard InChI is InChI=1S/C17H15FO3/c1-20-15-8-4-5-9-16(15)21-17(19)13-10-12(13)11-6-2-3-7-14(11)18/h2-9,12-13H,10H2,1H3. The molecule has 0 aromatic heterocycles. The summed E-state index contributed by atoms with van der Waals surface area (Å²) in [5, 5.41) is 0. The van der Waals surface area contributed by atoms with E-state index in [9.17, 15) is 9.18 Å². The van der Waals surface area contributed by atoms with Crippen LogP contribution < -0.4 is 9.47 Å². The van der Waals surface area contributed by atoms with E-state index in [1.807, 2.05) is 0 Å². The maximum atomic E-state index is 13.7. The molecule has 1 saturated carbocycles. The fourth-order valence-corrected chi connectivity index (χ4v) is 2.46. The molecule has 0 saturated heterocycles. The van der Waals surface area contributed by atoms with E-state index in [4.69, 9.17) is 9.47 Å². The zero-order chi connectivity index (χ0) is 14.8. The number of carbonyl (C=O) groups excluding carboxylic acids is 1. The Kier molecular flexibility index (Phi) is 3.60. The van der Waals surface area contributed by atoms with Gasteiger partial charge in [-0.15, -0.1) is 0 Å². The number of rotatable bonds is 4. The normalized spacial score (nSPS) is 19.9. The molecule has 0 aliphatic heterocycles. The van der Waals surface area contributed by atoms with Crippen LogP contribution in [-0.4, -0.2) is 13.1 Å². The number of hydrogen-bond donors (Lipinski definition) is 0. The minimum Gasteiger partial charge on any atom is -0.493 e. The Labute approximate surface area is 122 Å². The maximum absolute atomic E-state index is 13.7. The topological polar surface area (TPSA) is 35.5 Å². The molecular weight excluding hydrogens is 271 g/mol. The molecule has 3 rings (SSSR count). The molecule has 0 bridgehead atoms. The van der Waals surface area contributed by atoms with E-state index >= 15 is 0 Å². The van der Waals surface area contributed by atoms with Crippen LogP contribution in [0.3, 0.4) is 0 Å². The van der Waals surface area contributed by atoms with Gasteiger partial charge in [-0.3, -0.25) is 4.79 Å². The van der Waals surface area contributed by atoms with Crippen LogP contribution in [-0.2, 0) is 4.79 Å². The minimum atomic E-state index is -0.340. The molecule has 2 atom stereocenters. The third kappa shape index (κ3) is 2.75. The molecule has 2 aromatic carbocycles. The summed E-state index contributed by atoms with van der Waals surface area (Å²) >= 11 is 0. The summed E-state index contributed by atoms with van der Waals surface area (Å²) in [6.07, 6.45) is 0.620. The van der Waals surface area contributed by atoms with Crippen molar-refractivity contribution in [2.45, 2.75) is 12.3 Å². The van der Waals surface area contributed by atoms with Gasteiger partial charge in [-0.2, -0.15) is 0 Å². The molecule has 1 fully saturated rings. The van der Waals surface area contributed by atoms with Gasteiger partial charge in [0.15, 0.2) is 11.5 Å². The van der Waals surface area contributed by atoms with Crippen LogP contribution in [0.25, 0.3) is 0 Å². The van der Waals surface area contributed by atoms with Gasteiger partial charge in [-0.1, -0.05) is 30.3 Å². The second-order valence-electron chi connectivity index (χ2n) is 5.04. The Morgan fingerprint density at radius 3 is 2.48 bits per heavy atom. The van der Waals surface area contributed by atoms with E-state index in [0.717, 1.165) is 0 Å². The number of halogens is 1. The maximum Gasteiger partial charge on any atom is 0.315 e. The van der Waals surface area contributed by atoms with Gasteiger partial charge in [-0.05, 0) is 30.2 Å². The lowest BCUT2D eigenvalue weighted by atomic mass is 10.1. The molecule has 3 nitrogen and oxygen atoms in total. The van der Waals surface area contributed by atoms with Crippen LogP contribution in [0.5, 0.6) is 11.5 Å². The Morgan fingerprint density at radius 2 is 1.76 bits per heavy atom. The summed E-state index contributed by atoms with van der Waals surface area (Å²) in [6, 6.07) is 13.5. The predicted octanol–water partition coefficient (Wildman–Crippen LogP) is 3.54. The van der Waals surface area contributed by atoms with E-state index in [-0.39, 0.29) is 23.6 Å². The molecule has 0 spiro atoms. The Morgan fingerprint density at radius 1 is 1.10 bits per heavy atom. The highest BCUT2D eigenvalue weighted by molar-refractivity contribution is 5.80. The molecular formula is C17H15FO3. The molecule has 2 unspecified atom stereocenters. The van der Waals surface area contributed by atoms with Crippen LogP contribution in [0.2, 0.25) is 0 Å². The van der Waals surface area contributed by atoms with Crippen molar-refractivity contribution in [3.63, 3.8) is 0 Å². The van der Waals surface area contributed by atoms with Gasteiger partial charge in [0.25, 0.3) is 0 Å². The van der Waals surface area contributed by atoms with Gasteiger partial charge in [0.2, 0.25) is 0 Å². The number of carbonyl (C=O) groups is 1. The second-order valence-corrected chi connectivity index (χ2v) is 5.04. The fourth-order valence-electron chi connectivity index (χ4n) is 2.46. The third-order valence-corrected chi connectivity index (χ3v) is 3.68. The van der Waals surface area contributed by atoms with Gasteiger partial charge >= 0.3 is 5.97 Å². The Bertz CT molecular complexity index is 669. The number of benzene rings is 2. The lowest BCUT2D eigenvalue weighted by molar-refractivity contribution is -0.136. The van der Waals surface area contributed by atoms with Crippen LogP contribution >= 0.6 is 0 Å². The van der Waals surface area contributed by atoms with Crippen LogP contribution in [0, 0.1) is 11.7 Å². The van der Waals surface area contributed by atoms with Crippen LogP contribution in [0.15, 0.2) is 48.5 Å². The molecule has 2 aromatic rings. The summed E-state index contributed by atoms with van der Waals surface area (Å²) in [5.74, 6) is -0.0822. The quantitative estimate of drug-likeness (QED) is 0.637. The number of para-hydroxylation sites is 2. The first-order valence-electron chi connectivity index (χ1n) is 6.80. The average molecular weight is 286 g/mol. The van der Waals surface area contributed by atoms with Gasteiger partial charge in [0.1, 0.15) is 5.82 Å². The third-order valence-electron chi connectivity index (χ3n) is 3.68. The highest BCUT2D eigenvalue weighted by Gasteiger charge is 2.46. The SMILES string of the molecule is COc1ccccc1OC(=O)C1CC1c1ccccc1F. The van der Waals surface area contributed by atoms with Crippen molar-refractivity contribution < 1.29 is 18.7 Å². The Hall–Kier alpha value is -2.36. The molecule has 0 N–H and O–H groups in total. The summed E-state index contributed by atoms with van der Waals surface area (Å²) in [5.41, 5.74) is 0.583. The second kappa shape index (κ2) is 5.56. The zero-order valence-corrected chi connectivity index (χ0v) is 11.6. The molecule has 0 amide bonds. The summed E-state index contributed by atoms with van der Waals surface area (Å²) in [6.45, 7) is 0. The van der Waals surface area contributed by atoms with Crippen LogP contribution in [0.4, 0.5) is 4.39 Å². The van der Waals surface area contributed by atoms with Crippen molar-refractivity contribution in [2.24, 2.45) is 5.92 Å². The van der Waals surface area contributed by atoms with Crippen molar-refractivity contribution in [1.82, 2.24) is 0 Å². The fraction of sp³-hybridized carbons (Fsp3) is 0.235. The summed E-state index contributed by atoms with van der Waals surface area (Å²) < 4.78 is 24.2. The van der Waals surface area contributed by atoms with Crippen molar-refractivity contribution >= 4 is 5.97 Å². The monoisotopic (exact) mass is 286 g/mol. The highest BCUT2D eigenvalue weighted by atomic mass is 19.1. The van der Waals surface area contributed by atoms with Gasteiger partial charge in [-0.25, -0.2) is 4.39 Å². The average Bonchev–Trinajstić information content (AvgIpc) is 3.29. The van der Waals surface area contributed by atoms with E-state index in [1.54, 1.807) is 42.5 Å². The lowest BCUT2D eigenvalue weighted by Gasteiger charge is -2.08. The summed E-state index contributed by atoms with van der Waals surface area (Å²) in [7, 11) is 1.52. The predicted molar refractivity (Wildman–Crippen MR) is 75.9 cm³/mol. The van der Waals surface area contributed by atoms with E-state index in [0.29, 0.717) is 23.5 Å². The van der Waals surface area contributed by atoms with Crippen LogP contribution in [0.1, 0.15) is 17.9 Å². The molecule has 108 valence electrons. The Balaban J connectivity index is 1.70. The first kappa shape index (κ1) is 13.6. The molecule has 21 heavy (non-hydrogen) atoms. The number of esters is 1. The molecule has 0 radical (unpaired) electrons. The number of hydrogen-bond acceptors (Lipinski definition) is 3. The minimum absolute atomic E-state index is 0.0894.